The van der Waals surface area contributed by atoms with Crippen LogP contribution in [0, 0.1) is 23.2 Å². The van der Waals surface area contributed by atoms with Crippen LogP contribution in [-0.2, 0) is 9.59 Å². The molecule has 0 radical (unpaired) electrons. The van der Waals surface area contributed by atoms with Gasteiger partial charge in [0, 0.05) is 35.6 Å². The van der Waals surface area contributed by atoms with Gasteiger partial charge in [0.15, 0.2) is 5.78 Å². The number of H-pyrrole nitrogens is 1. The van der Waals surface area contributed by atoms with Gasteiger partial charge >= 0.3 is 0 Å². The van der Waals surface area contributed by atoms with Gasteiger partial charge < -0.3 is 15.0 Å². The smallest absolute Gasteiger partial charge is 0.224 e. The molecule has 1 amide bonds. The Morgan fingerprint density at radius 2 is 2.12 bits per heavy atom. The van der Waals surface area contributed by atoms with Gasteiger partial charge in [0.25, 0.3) is 0 Å². The Kier molecular flexibility index (Phi) is 8.08. The molecule has 1 saturated carbocycles. The van der Waals surface area contributed by atoms with E-state index in [1.54, 1.807) is 25.3 Å². The van der Waals surface area contributed by atoms with Crippen LogP contribution in [0.4, 0.5) is 4.39 Å². The van der Waals surface area contributed by atoms with Crippen molar-refractivity contribution in [3.63, 3.8) is 0 Å². The minimum atomic E-state index is -1.69. The molecule has 3 atom stereocenters. The number of hydrogen-bond acceptors (Lipinski definition) is 5. The van der Waals surface area contributed by atoms with Gasteiger partial charge in [-0.15, -0.1) is 0 Å². The maximum Gasteiger partial charge on any atom is 0.224 e. The molecule has 8 heteroatoms. The number of benzene rings is 1. The van der Waals surface area contributed by atoms with E-state index in [0.717, 1.165) is 23.7 Å². The Hall–Kier alpha value is -3.21. The van der Waals surface area contributed by atoms with Crippen LogP contribution in [0.25, 0.3) is 10.9 Å². The number of alkyl halides is 1. The lowest BCUT2D eigenvalue weighted by Crippen LogP contribution is -2.42. The molecule has 0 bridgehead atoms. The topological polar surface area (TPSA) is 112 Å². The molecule has 1 aliphatic carbocycles. The highest BCUT2D eigenvalue weighted by Gasteiger charge is 2.33. The van der Waals surface area contributed by atoms with Crippen molar-refractivity contribution < 1.29 is 23.5 Å². The van der Waals surface area contributed by atoms with Crippen molar-refractivity contribution in [1.29, 1.82) is 5.26 Å². The summed E-state index contributed by atoms with van der Waals surface area (Å²) in [7, 11) is 1.54. The zero-order chi connectivity index (χ0) is 24.9. The molecule has 2 N–H and O–H groups in total. The Balaban J connectivity index is 1.74. The minimum Gasteiger partial charge on any atom is -0.496 e. The molecule has 1 heterocycles. The molecular formula is C26H32FN3O4. The third kappa shape index (κ3) is 6.43. The number of Topliss-reactive ketones (excluding diaryl/α,β-unsaturated/α-hetero) is 2. The van der Waals surface area contributed by atoms with E-state index in [9.17, 15) is 24.0 Å². The van der Waals surface area contributed by atoms with E-state index in [4.69, 9.17) is 4.74 Å². The van der Waals surface area contributed by atoms with Gasteiger partial charge in [-0.2, -0.15) is 5.26 Å². The number of carbonyl (C=O) groups excluding carboxylic acids is 3. The summed E-state index contributed by atoms with van der Waals surface area (Å²) in [6.45, 7) is 2.71. The number of nitrogens with zero attached hydrogens (tertiary/aromatic N) is 1. The fraction of sp³-hybridized carbons (Fsp3) is 0.538. The fourth-order valence-electron chi connectivity index (χ4n) is 4.66. The highest BCUT2D eigenvalue weighted by Crippen LogP contribution is 2.29. The number of halogens is 1. The number of nitriles is 1. The summed E-state index contributed by atoms with van der Waals surface area (Å²) < 4.78 is 19.9. The van der Waals surface area contributed by atoms with E-state index in [1.165, 1.54) is 13.8 Å². The highest BCUT2D eigenvalue weighted by atomic mass is 19.1. The van der Waals surface area contributed by atoms with Crippen LogP contribution in [0.1, 0.15) is 69.3 Å². The number of ether oxygens (including phenoxy) is 1. The largest absolute Gasteiger partial charge is 0.496 e. The first-order valence-corrected chi connectivity index (χ1v) is 11.7. The molecular weight excluding hydrogens is 437 g/mol. The minimum absolute atomic E-state index is 0.117. The molecule has 1 aromatic carbocycles. The van der Waals surface area contributed by atoms with Crippen LogP contribution >= 0.6 is 0 Å². The third-order valence-electron chi connectivity index (χ3n) is 6.35. The second kappa shape index (κ2) is 10.8. The lowest BCUT2D eigenvalue weighted by molar-refractivity contribution is -0.128. The van der Waals surface area contributed by atoms with Crippen molar-refractivity contribution in [3.05, 3.63) is 30.0 Å². The van der Waals surface area contributed by atoms with Gasteiger partial charge in [-0.25, -0.2) is 4.39 Å². The van der Waals surface area contributed by atoms with E-state index in [0.29, 0.717) is 24.3 Å². The van der Waals surface area contributed by atoms with Crippen molar-refractivity contribution in [1.82, 2.24) is 10.3 Å². The van der Waals surface area contributed by atoms with Crippen molar-refractivity contribution in [3.8, 4) is 11.8 Å². The molecule has 1 aromatic heterocycles. The Morgan fingerprint density at radius 3 is 2.76 bits per heavy atom. The number of methoxy groups -OCH3 is 1. The van der Waals surface area contributed by atoms with Crippen LogP contribution in [0.3, 0.4) is 0 Å². The Bertz CT molecular complexity index is 1100. The van der Waals surface area contributed by atoms with Gasteiger partial charge in [0.2, 0.25) is 5.91 Å². The number of aromatic amines is 1. The van der Waals surface area contributed by atoms with Crippen LogP contribution in [0.2, 0.25) is 0 Å². The molecule has 34 heavy (non-hydrogen) atoms. The Morgan fingerprint density at radius 1 is 1.35 bits per heavy atom. The maximum atomic E-state index is 14.5. The fourth-order valence-corrected chi connectivity index (χ4v) is 4.66. The SMILES string of the molecule is COc1cccc2[nH]c(C(=O)C[C@@H](CC(C)(C)F)C(=O)N[C@H](C#N)C[C@@H]3CCCCC3=O)cc12. The number of carbonyl (C=O) groups is 3. The van der Waals surface area contributed by atoms with Crippen LogP contribution in [-0.4, -0.2) is 41.3 Å². The number of nitrogens with one attached hydrogen (secondary N) is 2. The zero-order valence-electron chi connectivity index (χ0n) is 19.9. The van der Waals surface area contributed by atoms with Crippen molar-refractivity contribution in [2.45, 2.75) is 70.5 Å². The van der Waals surface area contributed by atoms with Crippen LogP contribution in [0.15, 0.2) is 24.3 Å². The summed E-state index contributed by atoms with van der Waals surface area (Å²) in [6.07, 6.45) is 2.83. The second-order valence-corrected chi connectivity index (χ2v) is 9.69. The Labute approximate surface area is 199 Å². The lowest BCUT2D eigenvalue weighted by atomic mass is 9.83. The van der Waals surface area contributed by atoms with Gasteiger partial charge in [-0.1, -0.05) is 12.5 Å². The zero-order valence-corrected chi connectivity index (χ0v) is 19.9. The molecule has 2 aromatic rings. The number of ketones is 2. The molecule has 1 fully saturated rings. The molecule has 7 nitrogen and oxygen atoms in total. The van der Waals surface area contributed by atoms with E-state index < -0.39 is 23.5 Å². The first-order valence-electron chi connectivity index (χ1n) is 11.7. The molecule has 182 valence electrons. The predicted octanol–water partition coefficient (Wildman–Crippen LogP) is 4.66. The normalized spacial score (nSPS) is 18.2. The predicted molar refractivity (Wildman–Crippen MR) is 126 cm³/mol. The standard InChI is InChI=1S/C26H32FN3O4/c1-26(2,27)14-17(25(33)29-18(15-28)11-16-7-4-5-9-22(16)31)12-23(32)21-13-19-20(30-21)8-6-10-24(19)34-3/h6,8,10,13,16-18,30H,4-5,7,9,11-12,14H2,1-3H3,(H,29,33)/t16-,17-,18-/m0/s1. The van der Waals surface area contributed by atoms with Gasteiger partial charge in [-0.3, -0.25) is 14.4 Å². The van der Waals surface area contributed by atoms with E-state index in [2.05, 4.69) is 16.4 Å². The lowest BCUT2D eigenvalue weighted by Gasteiger charge is -2.26. The quantitative estimate of drug-likeness (QED) is 0.492. The van der Waals surface area contributed by atoms with Crippen molar-refractivity contribution in [2.75, 3.05) is 7.11 Å². The third-order valence-corrected chi connectivity index (χ3v) is 6.35. The van der Waals surface area contributed by atoms with Gasteiger partial charge in [-0.05, 0) is 57.7 Å². The molecule has 0 spiro atoms. The first kappa shape index (κ1) is 25.4. The number of rotatable bonds is 10. The summed E-state index contributed by atoms with van der Waals surface area (Å²) in [5.41, 5.74) is -0.664. The molecule has 0 saturated heterocycles. The van der Waals surface area contributed by atoms with Gasteiger partial charge in [0.1, 0.15) is 23.2 Å². The van der Waals surface area contributed by atoms with E-state index in [-0.39, 0.29) is 36.7 Å². The molecule has 3 rings (SSSR count). The van der Waals surface area contributed by atoms with Gasteiger partial charge in [0.05, 0.1) is 18.9 Å². The molecule has 1 aliphatic rings. The number of aromatic nitrogens is 1. The summed E-state index contributed by atoms with van der Waals surface area (Å²) in [5, 5.41) is 13.0. The van der Waals surface area contributed by atoms with E-state index >= 15 is 0 Å². The average Bonchev–Trinajstić information content (AvgIpc) is 3.23. The molecule has 0 unspecified atom stereocenters. The summed E-state index contributed by atoms with van der Waals surface area (Å²) >= 11 is 0. The number of amides is 1. The summed E-state index contributed by atoms with van der Waals surface area (Å²) in [4.78, 5) is 41.3. The summed E-state index contributed by atoms with van der Waals surface area (Å²) in [6, 6.07) is 8.25. The average molecular weight is 470 g/mol. The number of hydrogen-bond donors (Lipinski definition) is 2. The van der Waals surface area contributed by atoms with Crippen LogP contribution in [0.5, 0.6) is 5.75 Å². The van der Waals surface area contributed by atoms with Crippen molar-refractivity contribution >= 4 is 28.4 Å². The molecule has 0 aliphatic heterocycles. The monoisotopic (exact) mass is 469 g/mol. The first-order chi connectivity index (χ1) is 16.1. The summed E-state index contributed by atoms with van der Waals surface area (Å²) in [5.74, 6) is -1.37. The number of fused-ring (bicyclic) bond motifs is 1. The van der Waals surface area contributed by atoms with Crippen molar-refractivity contribution in [2.24, 2.45) is 11.8 Å². The highest BCUT2D eigenvalue weighted by molar-refractivity contribution is 6.02. The second-order valence-electron chi connectivity index (χ2n) is 9.69. The van der Waals surface area contributed by atoms with Crippen LogP contribution < -0.4 is 10.1 Å². The van der Waals surface area contributed by atoms with E-state index in [1.807, 2.05) is 6.07 Å². The maximum absolute atomic E-state index is 14.5.